The van der Waals surface area contributed by atoms with Gasteiger partial charge in [0.05, 0.1) is 11.9 Å². The number of rotatable bonds is 1. The van der Waals surface area contributed by atoms with E-state index in [1.807, 2.05) is 0 Å². The Hall–Kier alpha value is -1.34. The van der Waals surface area contributed by atoms with Crippen LogP contribution in [0.4, 0.5) is 8.78 Å². The third kappa shape index (κ3) is 1.96. The van der Waals surface area contributed by atoms with Crippen LogP contribution in [-0.4, -0.2) is 14.6 Å². The molecule has 2 heterocycles. The Labute approximate surface area is 107 Å². The van der Waals surface area contributed by atoms with E-state index in [0.717, 1.165) is 6.07 Å². The molecule has 0 N–H and O–H groups in total. The summed E-state index contributed by atoms with van der Waals surface area (Å²) in [6.07, 6.45) is 1.63. The minimum absolute atomic E-state index is 0.399. The zero-order valence-electron chi connectivity index (χ0n) is 8.19. The van der Waals surface area contributed by atoms with Crippen LogP contribution in [0, 0.1) is 11.6 Å². The van der Waals surface area contributed by atoms with Crippen LogP contribution in [0.5, 0.6) is 0 Å². The molecular formula is C10H4BrF2N3S. The number of hydrogen-bond donors (Lipinski definition) is 0. The first-order valence-electron chi connectivity index (χ1n) is 4.60. The summed E-state index contributed by atoms with van der Waals surface area (Å²) in [6, 6.07) is 3.31. The molecule has 1 aromatic carbocycles. The Morgan fingerprint density at radius 2 is 1.88 bits per heavy atom. The lowest BCUT2D eigenvalue weighted by Gasteiger charge is -1.96. The molecule has 0 unspecified atom stereocenters. The van der Waals surface area contributed by atoms with Crippen LogP contribution in [0.1, 0.15) is 0 Å². The lowest BCUT2D eigenvalue weighted by molar-refractivity contribution is 0.584. The van der Waals surface area contributed by atoms with Crippen LogP contribution in [0.15, 0.2) is 28.3 Å². The van der Waals surface area contributed by atoms with E-state index in [1.165, 1.54) is 23.5 Å². The van der Waals surface area contributed by atoms with E-state index in [4.69, 9.17) is 0 Å². The van der Waals surface area contributed by atoms with Gasteiger partial charge in [0.25, 0.3) is 0 Å². The van der Waals surface area contributed by atoms with Crippen molar-refractivity contribution in [2.75, 3.05) is 0 Å². The zero-order valence-corrected chi connectivity index (χ0v) is 10.6. The average molecular weight is 316 g/mol. The number of aromatic nitrogens is 3. The Bertz CT molecular complexity index is 655. The maximum absolute atomic E-state index is 13.1. The van der Waals surface area contributed by atoms with E-state index in [0.29, 0.717) is 20.1 Å². The molecule has 0 bridgehead atoms. The fraction of sp³-hybridized carbons (Fsp3) is 0. The summed E-state index contributed by atoms with van der Waals surface area (Å²) in [6.45, 7) is 0. The van der Waals surface area contributed by atoms with Gasteiger partial charge in [0.1, 0.15) is 11.6 Å². The molecule has 0 spiro atoms. The Morgan fingerprint density at radius 3 is 2.53 bits per heavy atom. The molecule has 0 aliphatic rings. The van der Waals surface area contributed by atoms with E-state index in [1.54, 1.807) is 10.7 Å². The van der Waals surface area contributed by atoms with Crippen molar-refractivity contribution in [3.8, 4) is 11.3 Å². The third-order valence-electron chi connectivity index (χ3n) is 2.18. The molecule has 3 nitrogen and oxygen atoms in total. The van der Waals surface area contributed by atoms with Gasteiger partial charge in [-0.15, -0.1) is 5.10 Å². The first-order chi connectivity index (χ1) is 8.11. The summed E-state index contributed by atoms with van der Waals surface area (Å²) in [7, 11) is 0. The molecule has 0 saturated heterocycles. The number of benzene rings is 1. The number of imidazole rings is 1. The molecule has 3 rings (SSSR count). The van der Waals surface area contributed by atoms with Crippen LogP contribution >= 0.6 is 27.3 Å². The third-order valence-corrected chi connectivity index (χ3v) is 3.53. The second-order valence-corrected chi connectivity index (χ2v) is 5.60. The fourth-order valence-electron chi connectivity index (χ4n) is 1.52. The van der Waals surface area contributed by atoms with Crippen LogP contribution < -0.4 is 0 Å². The van der Waals surface area contributed by atoms with Crippen LogP contribution in [0.2, 0.25) is 0 Å². The summed E-state index contributed by atoms with van der Waals surface area (Å²) in [5.74, 6) is -1.24. The van der Waals surface area contributed by atoms with E-state index in [-0.39, 0.29) is 0 Å². The van der Waals surface area contributed by atoms with Crippen molar-refractivity contribution in [2.24, 2.45) is 0 Å². The standard InChI is InChI=1S/C10H4BrF2N3S/c11-9-15-16-4-8(14-10(16)17-9)5-1-6(12)3-7(13)2-5/h1-4H. The van der Waals surface area contributed by atoms with Gasteiger partial charge in [-0.1, -0.05) is 11.3 Å². The SMILES string of the molecule is Fc1cc(F)cc(-c2cn3nc(Br)sc3n2)c1. The molecule has 7 heteroatoms. The smallest absolute Gasteiger partial charge is 0.213 e. The van der Waals surface area contributed by atoms with Gasteiger partial charge in [-0.3, -0.25) is 0 Å². The van der Waals surface area contributed by atoms with Crippen molar-refractivity contribution < 1.29 is 8.78 Å². The molecule has 0 atom stereocenters. The van der Waals surface area contributed by atoms with Gasteiger partial charge in [0.2, 0.25) is 4.96 Å². The van der Waals surface area contributed by atoms with Gasteiger partial charge in [-0.2, -0.15) is 0 Å². The molecule has 3 aromatic rings. The number of nitrogens with zero attached hydrogens (tertiary/aromatic N) is 3. The number of halogens is 3. The Morgan fingerprint density at radius 1 is 1.18 bits per heavy atom. The summed E-state index contributed by atoms with van der Waals surface area (Å²) >= 11 is 4.58. The number of fused-ring (bicyclic) bond motifs is 1. The van der Waals surface area contributed by atoms with Gasteiger partial charge < -0.3 is 0 Å². The van der Waals surface area contributed by atoms with Crippen LogP contribution in [0.25, 0.3) is 16.2 Å². The van der Waals surface area contributed by atoms with Gasteiger partial charge in [-0.25, -0.2) is 18.3 Å². The fourth-order valence-corrected chi connectivity index (χ4v) is 2.73. The van der Waals surface area contributed by atoms with Crippen molar-refractivity contribution in [3.63, 3.8) is 0 Å². The highest BCUT2D eigenvalue weighted by Crippen LogP contribution is 2.25. The molecule has 0 aliphatic carbocycles. The van der Waals surface area contributed by atoms with Crippen molar-refractivity contribution in [1.29, 1.82) is 0 Å². The highest BCUT2D eigenvalue weighted by molar-refractivity contribution is 9.11. The normalized spacial score (nSPS) is 11.2. The van der Waals surface area contributed by atoms with Crippen LogP contribution in [0.3, 0.4) is 0 Å². The topological polar surface area (TPSA) is 30.2 Å². The molecule has 17 heavy (non-hydrogen) atoms. The molecule has 2 aromatic heterocycles. The molecule has 86 valence electrons. The monoisotopic (exact) mass is 315 g/mol. The maximum atomic E-state index is 13.1. The Kier molecular flexibility index (Phi) is 2.44. The first kappa shape index (κ1) is 10.8. The van der Waals surface area contributed by atoms with E-state index in [2.05, 4.69) is 26.0 Å². The van der Waals surface area contributed by atoms with Gasteiger partial charge >= 0.3 is 0 Å². The summed E-state index contributed by atoms with van der Waals surface area (Å²) in [4.78, 5) is 4.91. The minimum Gasteiger partial charge on any atom is -0.217 e. The van der Waals surface area contributed by atoms with Crippen molar-refractivity contribution >= 4 is 32.2 Å². The summed E-state index contributed by atoms with van der Waals surface area (Å²) in [5, 5.41) is 4.11. The summed E-state index contributed by atoms with van der Waals surface area (Å²) in [5.41, 5.74) is 0.894. The van der Waals surface area contributed by atoms with E-state index in [9.17, 15) is 8.78 Å². The Balaban J connectivity index is 2.16. The largest absolute Gasteiger partial charge is 0.217 e. The van der Waals surface area contributed by atoms with Crippen molar-refractivity contribution in [2.45, 2.75) is 0 Å². The molecule has 0 radical (unpaired) electrons. The zero-order chi connectivity index (χ0) is 12.0. The van der Waals surface area contributed by atoms with Gasteiger partial charge in [0.15, 0.2) is 3.92 Å². The van der Waals surface area contributed by atoms with Crippen LogP contribution in [-0.2, 0) is 0 Å². The predicted molar refractivity (Wildman–Crippen MR) is 63.9 cm³/mol. The molecule has 0 fully saturated rings. The van der Waals surface area contributed by atoms with Crippen molar-refractivity contribution in [3.05, 3.63) is 39.9 Å². The summed E-state index contributed by atoms with van der Waals surface area (Å²) < 4.78 is 28.4. The lowest BCUT2D eigenvalue weighted by atomic mass is 10.1. The predicted octanol–water partition coefficient (Wildman–Crippen LogP) is 3.50. The second-order valence-electron chi connectivity index (χ2n) is 3.37. The second kappa shape index (κ2) is 3.85. The minimum atomic E-state index is -0.620. The maximum Gasteiger partial charge on any atom is 0.213 e. The molecular weight excluding hydrogens is 312 g/mol. The molecule has 0 aliphatic heterocycles. The molecule has 0 amide bonds. The highest BCUT2D eigenvalue weighted by Gasteiger charge is 2.10. The molecule has 0 saturated carbocycles. The first-order valence-corrected chi connectivity index (χ1v) is 6.21. The number of hydrogen-bond acceptors (Lipinski definition) is 3. The quantitative estimate of drug-likeness (QED) is 0.688. The van der Waals surface area contributed by atoms with Gasteiger partial charge in [0, 0.05) is 11.6 Å². The highest BCUT2D eigenvalue weighted by atomic mass is 79.9. The van der Waals surface area contributed by atoms with E-state index >= 15 is 0 Å². The van der Waals surface area contributed by atoms with Gasteiger partial charge in [-0.05, 0) is 28.1 Å². The average Bonchev–Trinajstić information content (AvgIpc) is 2.72. The van der Waals surface area contributed by atoms with Crippen molar-refractivity contribution in [1.82, 2.24) is 14.6 Å². The lowest BCUT2D eigenvalue weighted by Crippen LogP contribution is -1.84. The van der Waals surface area contributed by atoms with E-state index < -0.39 is 11.6 Å².